The summed E-state index contributed by atoms with van der Waals surface area (Å²) < 4.78 is 33.8. The lowest BCUT2D eigenvalue weighted by Gasteiger charge is -2.19. The van der Waals surface area contributed by atoms with E-state index in [0.29, 0.717) is 17.4 Å². The molecule has 2 saturated heterocycles. The number of methoxy groups -OCH3 is 1. The van der Waals surface area contributed by atoms with Crippen molar-refractivity contribution in [3.05, 3.63) is 23.8 Å². The monoisotopic (exact) mass is 393 g/mol. The van der Waals surface area contributed by atoms with E-state index in [1.807, 2.05) is 4.90 Å². The SMILES string of the molecule is COc1ccc(C(=O)N2C[C@H]3CNC[C@H]3C2)cc1S(=O)(=O)NC1CCCC1. The maximum Gasteiger partial charge on any atom is 0.253 e. The van der Waals surface area contributed by atoms with Crippen LogP contribution in [0.5, 0.6) is 5.75 Å². The van der Waals surface area contributed by atoms with Gasteiger partial charge in [0, 0.05) is 37.8 Å². The minimum atomic E-state index is -3.74. The summed E-state index contributed by atoms with van der Waals surface area (Å²) in [5, 5.41) is 3.36. The largest absolute Gasteiger partial charge is 0.495 e. The average molecular weight is 394 g/mol. The number of hydrogen-bond acceptors (Lipinski definition) is 5. The molecule has 0 radical (unpaired) electrons. The molecular formula is C19H27N3O4S. The molecule has 8 heteroatoms. The number of benzene rings is 1. The van der Waals surface area contributed by atoms with Crippen LogP contribution in [0.2, 0.25) is 0 Å². The Bertz CT molecular complexity index is 808. The van der Waals surface area contributed by atoms with Crippen LogP contribution in [0.25, 0.3) is 0 Å². The molecule has 0 aromatic heterocycles. The molecular weight excluding hydrogens is 366 g/mol. The van der Waals surface area contributed by atoms with Crippen LogP contribution in [-0.4, -0.2) is 58.6 Å². The van der Waals surface area contributed by atoms with Crippen LogP contribution in [0.1, 0.15) is 36.0 Å². The van der Waals surface area contributed by atoms with E-state index >= 15 is 0 Å². The van der Waals surface area contributed by atoms with E-state index in [1.54, 1.807) is 12.1 Å². The van der Waals surface area contributed by atoms with Crippen LogP contribution < -0.4 is 14.8 Å². The normalized spacial score (nSPS) is 25.7. The molecule has 27 heavy (non-hydrogen) atoms. The molecule has 2 aliphatic heterocycles. The number of nitrogens with zero attached hydrogens (tertiary/aromatic N) is 1. The molecule has 0 unspecified atom stereocenters. The van der Waals surface area contributed by atoms with Gasteiger partial charge in [0.1, 0.15) is 10.6 Å². The van der Waals surface area contributed by atoms with Gasteiger partial charge in [-0.05, 0) is 42.9 Å². The van der Waals surface area contributed by atoms with E-state index in [1.165, 1.54) is 13.2 Å². The second kappa shape index (κ2) is 7.41. The molecule has 3 aliphatic rings. The highest BCUT2D eigenvalue weighted by Crippen LogP contribution is 2.30. The van der Waals surface area contributed by atoms with Gasteiger partial charge in [-0.3, -0.25) is 4.79 Å². The summed E-state index contributed by atoms with van der Waals surface area (Å²) in [4.78, 5) is 14.8. The second-order valence-electron chi connectivity index (χ2n) is 7.86. The van der Waals surface area contributed by atoms with Crippen LogP contribution in [0.15, 0.2) is 23.1 Å². The first kappa shape index (κ1) is 18.7. The molecule has 2 atom stereocenters. The predicted molar refractivity (Wildman–Crippen MR) is 101 cm³/mol. The van der Waals surface area contributed by atoms with Crippen LogP contribution in [0.3, 0.4) is 0 Å². The van der Waals surface area contributed by atoms with E-state index < -0.39 is 10.0 Å². The fourth-order valence-electron chi connectivity index (χ4n) is 4.55. The first-order valence-electron chi connectivity index (χ1n) is 9.68. The van der Waals surface area contributed by atoms with E-state index in [2.05, 4.69) is 10.0 Å². The smallest absolute Gasteiger partial charge is 0.253 e. The summed E-state index contributed by atoms with van der Waals surface area (Å²) in [6.45, 7) is 3.35. The topological polar surface area (TPSA) is 87.7 Å². The molecule has 1 amide bonds. The molecule has 148 valence electrons. The molecule has 4 rings (SSSR count). The minimum Gasteiger partial charge on any atom is -0.495 e. The number of nitrogens with one attached hydrogen (secondary N) is 2. The third-order valence-electron chi connectivity index (χ3n) is 6.05. The second-order valence-corrected chi connectivity index (χ2v) is 9.54. The van der Waals surface area contributed by atoms with E-state index in [4.69, 9.17) is 4.74 Å². The first-order chi connectivity index (χ1) is 13.0. The molecule has 0 spiro atoms. The Balaban J connectivity index is 1.57. The lowest BCUT2D eigenvalue weighted by Crippen LogP contribution is -2.34. The zero-order valence-electron chi connectivity index (χ0n) is 15.6. The summed E-state index contributed by atoms with van der Waals surface area (Å²) in [7, 11) is -2.29. The van der Waals surface area contributed by atoms with Gasteiger partial charge >= 0.3 is 0 Å². The highest BCUT2D eigenvalue weighted by Gasteiger charge is 2.38. The van der Waals surface area contributed by atoms with Crippen molar-refractivity contribution in [3.63, 3.8) is 0 Å². The molecule has 1 aromatic rings. The summed E-state index contributed by atoms with van der Waals surface area (Å²) >= 11 is 0. The van der Waals surface area contributed by atoms with Gasteiger partial charge in [0.25, 0.3) is 5.91 Å². The molecule has 2 N–H and O–H groups in total. The van der Waals surface area contributed by atoms with Gasteiger partial charge in [-0.25, -0.2) is 13.1 Å². The van der Waals surface area contributed by atoms with E-state index in [-0.39, 0.29) is 22.6 Å². The van der Waals surface area contributed by atoms with Crippen molar-refractivity contribution >= 4 is 15.9 Å². The van der Waals surface area contributed by atoms with Crippen molar-refractivity contribution < 1.29 is 17.9 Å². The minimum absolute atomic E-state index is 0.0375. The zero-order valence-corrected chi connectivity index (χ0v) is 16.4. The number of carbonyl (C=O) groups excluding carboxylic acids is 1. The lowest BCUT2D eigenvalue weighted by atomic mass is 10.0. The van der Waals surface area contributed by atoms with Gasteiger partial charge in [-0.1, -0.05) is 12.8 Å². The van der Waals surface area contributed by atoms with Crippen molar-refractivity contribution in [3.8, 4) is 5.75 Å². The summed E-state index contributed by atoms with van der Waals surface area (Å²) in [6, 6.07) is 4.66. The van der Waals surface area contributed by atoms with Crippen molar-refractivity contribution in [2.24, 2.45) is 11.8 Å². The number of hydrogen-bond donors (Lipinski definition) is 2. The molecule has 7 nitrogen and oxygen atoms in total. The zero-order chi connectivity index (χ0) is 19.0. The molecule has 1 aromatic carbocycles. The summed E-state index contributed by atoms with van der Waals surface area (Å²) in [6.07, 6.45) is 3.78. The number of carbonyl (C=O) groups is 1. The van der Waals surface area contributed by atoms with Crippen molar-refractivity contribution in [2.75, 3.05) is 33.3 Å². The number of sulfonamides is 1. The van der Waals surface area contributed by atoms with Crippen molar-refractivity contribution in [2.45, 2.75) is 36.6 Å². The number of amides is 1. The van der Waals surface area contributed by atoms with Crippen LogP contribution in [0, 0.1) is 11.8 Å². The average Bonchev–Trinajstić information content (AvgIpc) is 3.37. The fourth-order valence-corrected chi connectivity index (χ4v) is 6.05. The van der Waals surface area contributed by atoms with E-state index in [9.17, 15) is 13.2 Å². The fraction of sp³-hybridized carbons (Fsp3) is 0.632. The van der Waals surface area contributed by atoms with Crippen molar-refractivity contribution in [1.82, 2.24) is 14.9 Å². The predicted octanol–water partition coefficient (Wildman–Crippen LogP) is 1.21. The summed E-state index contributed by atoms with van der Waals surface area (Å²) in [5.74, 6) is 1.16. The highest BCUT2D eigenvalue weighted by atomic mass is 32.2. The Hall–Kier alpha value is -1.64. The van der Waals surface area contributed by atoms with Gasteiger partial charge < -0.3 is 15.0 Å². The maximum absolute atomic E-state index is 13.0. The highest BCUT2D eigenvalue weighted by molar-refractivity contribution is 7.89. The Morgan fingerprint density at radius 1 is 1.19 bits per heavy atom. The first-order valence-corrected chi connectivity index (χ1v) is 11.2. The molecule has 3 fully saturated rings. The quantitative estimate of drug-likeness (QED) is 0.785. The van der Waals surface area contributed by atoms with Gasteiger partial charge in [-0.15, -0.1) is 0 Å². The Morgan fingerprint density at radius 2 is 1.85 bits per heavy atom. The number of fused-ring (bicyclic) bond motifs is 1. The third kappa shape index (κ3) is 3.70. The standard InChI is InChI=1S/C19H27N3O4S/c1-26-17-7-6-13(19(23)22-11-14-9-20-10-15(14)12-22)8-18(17)27(24,25)21-16-4-2-3-5-16/h6-8,14-16,20-21H,2-5,9-12H2,1H3/t14-,15+. The number of ether oxygens (including phenoxy) is 1. The van der Waals surface area contributed by atoms with Crippen LogP contribution in [-0.2, 0) is 10.0 Å². The van der Waals surface area contributed by atoms with Crippen LogP contribution in [0.4, 0.5) is 0 Å². The summed E-state index contributed by atoms with van der Waals surface area (Å²) in [5.41, 5.74) is 0.399. The number of likely N-dealkylation sites (tertiary alicyclic amines) is 1. The lowest BCUT2D eigenvalue weighted by molar-refractivity contribution is 0.0781. The molecule has 2 heterocycles. The Morgan fingerprint density at radius 3 is 2.48 bits per heavy atom. The van der Waals surface area contributed by atoms with E-state index in [0.717, 1.165) is 51.9 Å². The number of rotatable bonds is 5. The molecule has 1 aliphatic carbocycles. The van der Waals surface area contributed by atoms with Gasteiger partial charge in [-0.2, -0.15) is 0 Å². The van der Waals surface area contributed by atoms with Gasteiger partial charge in [0.05, 0.1) is 7.11 Å². The van der Waals surface area contributed by atoms with Gasteiger partial charge in [0.2, 0.25) is 10.0 Å². The Labute approximate surface area is 160 Å². The maximum atomic E-state index is 13.0. The van der Waals surface area contributed by atoms with Crippen LogP contribution >= 0.6 is 0 Å². The molecule has 0 bridgehead atoms. The van der Waals surface area contributed by atoms with Gasteiger partial charge in [0.15, 0.2) is 0 Å². The van der Waals surface area contributed by atoms with Crippen molar-refractivity contribution in [1.29, 1.82) is 0 Å². The third-order valence-corrected chi connectivity index (χ3v) is 7.60. The molecule has 1 saturated carbocycles. The Kier molecular flexibility index (Phi) is 5.13.